The van der Waals surface area contributed by atoms with Crippen molar-refractivity contribution in [1.29, 1.82) is 0 Å². The van der Waals surface area contributed by atoms with Gasteiger partial charge in [0.25, 0.3) is 5.91 Å². The molecule has 0 radical (unpaired) electrons. The van der Waals surface area contributed by atoms with Gasteiger partial charge in [-0.05, 0) is 24.3 Å². The highest BCUT2D eigenvalue weighted by molar-refractivity contribution is 7.09. The minimum atomic E-state index is -2.95. The molecule has 100 valence electrons. The van der Waals surface area contributed by atoms with Crippen LogP contribution in [0.15, 0.2) is 17.5 Å². The summed E-state index contributed by atoms with van der Waals surface area (Å²) in [4.78, 5) is 13.6. The molecular formula is C12H15F2NO2S. The van der Waals surface area contributed by atoms with E-state index in [4.69, 9.17) is 4.74 Å². The molecule has 0 aromatic carbocycles. The third-order valence-corrected chi connectivity index (χ3v) is 3.73. The van der Waals surface area contributed by atoms with Crippen molar-refractivity contribution in [2.24, 2.45) is 0 Å². The first-order valence-corrected chi connectivity index (χ1v) is 6.75. The highest BCUT2D eigenvalue weighted by Crippen LogP contribution is 2.18. The lowest BCUT2D eigenvalue weighted by molar-refractivity contribution is -0.145. The number of thiophene rings is 1. The second-order valence-electron chi connectivity index (χ2n) is 4.23. The van der Waals surface area contributed by atoms with Gasteiger partial charge < -0.3 is 9.64 Å². The minimum absolute atomic E-state index is 0.104. The number of nitrogens with zero attached hydrogens (tertiary/aromatic N) is 1. The summed E-state index contributed by atoms with van der Waals surface area (Å²) in [5.41, 5.74) is 0. The third-order valence-electron chi connectivity index (χ3n) is 2.87. The molecule has 0 saturated carbocycles. The Labute approximate surface area is 108 Å². The van der Waals surface area contributed by atoms with Crippen LogP contribution in [0.25, 0.3) is 0 Å². The summed E-state index contributed by atoms with van der Waals surface area (Å²) < 4.78 is 30.5. The van der Waals surface area contributed by atoms with E-state index in [1.165, 1.54) is 16.2 Å². The topological polar surface area (TPSA) is 29.5 Å². The molecule has 1 atom stereocenters. The van der Waals surface area contributed by atoms with Gasteiger partial charge in [-0.15, -0.1) is 11.3 Å². The number of carbonyl (C=O) groups excluding carboxylic acids is 1. The van der Waals surface area contributed by atoms with E-state index in [1.807, 2.05) is 17.5 Å². The minimum Gasteiger partial charge on any atom is -0.376 e. The van der Waals surface area contributed by atoms with Gasteiger partial charge in [-0.1, -0.05) is 6.07 Å². The number of hydrogen-bond donors (Lipinski definition) is 0. The lowest BCUT2D eigenvalue weighted by atomic mass is 10.2. The number of halogens is 2. The monoisotopic (exact) mass is 275 g/mol. The van der Waals surface area contributed by atoms with E-state index in [1.54, 1.807) is 0 Å². The number of hydrogen-bond acceptors (Lipinski definition) is 3. The van der Waals surface area contributed by atoms with Crippen LogP contribution in [-0.4, -0.2) is 36.5 Å². The quantitative estimate of drug-likeness (QED) is 0.826. The van der Waals surface area contributed by atoms with Crippen molar-refractivity contribution in [2.45, 2.75) is 31.9 Å². The van der Waals surface area contributed by atoms with E-state index in [0.717, 1.165) is 17.7 Å². The molecule has 6 heteroatoms. The second kappa shape index (κ2) is 6.24. The Morgan fingerprint density at radius 1 is 1.61 bits per heavy atom. The number of ether oxygens (including phenoxy) is 1. The van der Waals surface area contributed by atoms with Crippen molar-refractivity contribution >= 4 is 17.2 Å². The first kappa shape index (κ1) is 13.4. The summed E-state index contributed by atoms with van der Waals surface area (Å²) in [5, 5.41) is 1.87. The molecule has 0 N–H and O–H groups in total. The Bertz CT molecular complexity index is 377. The fourth-order valence-electron chi connectivity index (χ4n) is 2.00. The van der Waals surface area contributed by atoms with Crippen molar-refractivity contribution in [2.75, 3.05) is 13.2 Å². The molecule has 1 unspecified atom stereocenters. The van der Waals surface area contributed by atoms with Gasteiger partial charge in [0.15, 0.2) is 0 Å². The number of rotatable bonds is 5. The summed E-state index contributed by atoms with van der Waals surface area (Å²) in [6, 6.07) is 3.68. The molecule has 0 aliphatic carbocycles. The molecule has 1 amide bonds. The Morgan fingerprint density at radius 3 is 3.00 bits per heavy atom. The molecule has 3 nitrogen and oxygen atoms in total. The third kappa shape index (κ3) is 3.49. The standard InChI is InChI=1S/C12H15F2NO2S/c13-11(14)12(16)15(7-9-3-1-5-17-9)8-10-4-2-6-18-10/h2,4,6,9,11H,1,3,5,7-8H2. The summed E-state index contributed by atoms with van der Waals surface area (Å²) in [6.07, 6.45) is -1.29. The van der Waals surface area contributed by atoms with Gasteiger partial charge >= 0.3 is 6.43 Å². The first-order valence-electron chi connectivity index (χ1n) is 5.87. The van der Waals surface area contributed by atoms with Crippen LogP contribution in [0.2, 0.25) is 0 Å². The van der Waals surface area contributed by atoms with Crippen LogP contribution < -0.4 is 0 Å². The fraction of sp³-hybridized carbons (Fsp3) is 0.583. The van der Waals surface area contributed by atoms with Crippen LogP contribution >= 0.6 is 11.3 Å². The number of carbonyl (C=O) groups is 1. The van der Waals surface area contributed by atoms with E-state index in [2.05, 4.69) is 0 Å². The first-order chi connectivity index (χ1) is 8.66. The average molecular weight is 275 g/mol. The van der Waals surface area contributed by atoms with Gasteiger partial charge in [0.2, 0.25) is 0 Å². The second-order valence-corrected chi connectivity index (χ2v) is 5.27. The highest BCUT2D eigenvalue weighted by Gasteiger charge is 2.27. The molecule has 1 aromatic heterocycles. The van der Waals surface area contributed by atoms with Crippen molar-refractivity contribution in [1.82, 2.24) is 4.90 Å². The van der Waals surface area contributed by atoms with E-state index in [9.17, 15) is 13.6 Å². The van der Waals surface area contributed by atoms with Gasteiger partial charge in [-0.3, -0.25) is 4.79 Å². The van der Waals surface area contributed by atoms with E-state index in [-0.39, 0.29) is 19.2 Å². The van der Waals surface area contributed by atoms with Crippen molar-refractivity contribution in [3.63, 3.8) is 0 Å². The number of amides is 1. The van der Waals surface area contributed by atoms with Crippen LogP contribution in [0.4, 0.5) is 8.78 Å². The molecular weight excluding hydrogens is 260 g/mol. The lowest BCUT2D eigenvalue weighted by Gasteiger charge is -2.24. The summed E-state index contributed by atoms with van der Waals surface area (Å²) >= 11 is 1.46. The predicted molar refractivity (Wildman–Crippen MR) is 64.7 cm³/mol. The summed E-state index contributed by atoms with van der Waals surface area (Å²) in [7, 11) is 0. The number of alkyl halides is 2. The lowest BCUT2D eigenvalue weighted by Crippen LogP contribution is -2.40. The fourth-order valence-corrected chi connectivity index (χ4v) is 2.71. The Balaban J connectivity index is 1.99. The summed E-state index contributed by atoms with van der Waals surface area (Å²) in [6.45, 7) is 1.14. The molecule has 2 heterocycles. The Morgan fingerprint density at radius 2 is 2.44 bits per heavy atom. The molecule has 1 aromatic rings. The van der Waals surface area contributed by atoms with E-state index >= 15 is 0 Å². The SMILES string of the molecule is O=C(C(F)F)N(Cc1cccs1)CC1CCCO1. The molecule has 0 bridgehead atoms. The van der Waals surface area contributed by atoms with Crippen LogP contribution in [-0.2, 0) is 16.1 Å². The molecule has 0 spiro atoms. The van der Waals surface area contributed by atoms with E-state index in [0.29, 0.717) is 6.61 Å². The maximum absolute atomic E-state index is 12.6. The van der Waals surface area contributed by atoms with Gasteiger partial charge in [0.05, 0.1) is 12.6 Å². The predicted octanol–water partition coefficient (Wildman–Crippen LogP) is 2.52. The summed E-state index contributed by atoms with van der Waals surface area (Å²) in [5.74, 6) is -1.11. The molecule has 1 fully saturated rings. The zero-order valence-electron chi connectivity index (χ0n) is 9.85. The highest BCUT2D eigenvalue weighted by atomic mass is 32.1. The van der Waals surface area contributed by atoms with Gasteiger partial charge in [-0.2, -0.15) is 8.78 Å². The zero-order chi connectivity index (χ0) is 13.0. The zero-order valence-corrected chi connectivity index (χ0v) is 10.7. The van der Waals surface area contributed by atoms with Crippen molar-refractivity contribution in [3.05, 3.63) is 22.4 Å². The molecule has 1 aliphatic rings. The van der Waals surface area contributed by atoms with Crippen LogP contribution in [0.5, 0.6) is 0 Å². The maximum atomic E-state index is 12.6. The Hall–Kier alpha value is -1.01. The van der Waals surface area contributed by atoms with Crippen LogP contribution in [0.3, 0.4) is 0 Å². The van der Waals surface area contributed by atoms with Crippen molar-refractivity contribution < 1.29 is 18.3 Å². The molecule has 2 rings (SSSR count). The maximum Gasteiger partial charge on any atom is 0.315 e. The van der Waals surface area contributed by atoms with Gasteiger partial charge in [0.1, 0.15) is 0 Å². The van der Waals surface area contributed by atoms with Crippen molar-refractivity contribution in [3.8, 4) is 0 Å². The Kier molecular flexibility index (Phi) is 4.66. The smallest absolute Gasteiger partial charge is 0.315 e. The molecule has 18 heavy (non-hydrogen) atoms. The normalized spacial score (nSPS) is 19.4. The van der Waals surface area contributed by atoms with Crippen LogP contribution in [0.1, 0.15) is 17.7 Å². The van der Waals surface area contributed by atoms with Gasteiger partial charge in [-0.25, -0.2) is 0 Å². The largest absolute Gasteiger partial charge is 0.376 e. The van der Waals surface area contributed by atoms with Crippen LogP contribution in [0, 0.1) is 0 Å². The molecule has 1 aliphatic heterocycles. The average Bonchev–Trinajstić information content (AvgIpc) is 2.99. The van der Waals surface area contributed by atoms with Gasteiger partial charge in [0, 0.05) is 18.0 Å². The molecule has 1 saturated heterocycles. The van der Waals surface area contributed by atoms with E-state index < -0.39 is 12.3 Å².